The fraction of sp³-hybridized carbons (Fsp3) is 0.824. The molecule has 7 heteroatoms. The molecule has 0 aromatic carbocycles. The fourth-order valence-corrected chi connectivity index (χ4v) is 2.03. The predicted molar refractivity (Wildman–Crippen MR) is 98.1 cm³/mol. The van der Waals surface area contributed by atoms with E-state index in [1.807, 2.05) is 0 Å². The van der Waals surface area contributed by atoms with Crippen LogP contribution < -0.4 is 16.4 Å². The van der Waals surface area contributed by atoms with Crippen LogP contribution in [0.1, 0.15) is 78.1 Å². The molecule has 0 aliphatic carbocycles. The van der Waals surface area contributed by atoms with Crippen LogP contribution in [0.4, 0.5) is 0 Å². The summed E-state index contributed by atoms with van der Waals surface area (Å²) in [5.74, 6) is -0.661. The summed E-state index contributed by atoms with van der Waals surface area (Å²) >= 11 is 0. The van der Waals surface area contributed by atoms with Gasteiger partial charge in [0, 0.05) is 26.4 Å². The van der Waals surface area contributed by atoms with Crippen LogP contribution >= 0.6 is 0 Å². The van der Waals surface area contributed by atoms with Crippen molar-refractivity contribution in [1.82, 2.24) is 10.6 Å². The lowest BCUT2D eigenvalue weighted by molar-refractivity contribution is -0.134. The molecule has 1 amide bonds. The Morgan fingerprint density at radius 1 is 0.917 bits per heavy atom. The number of carbonyl (C=O) groups is 2. The van der Waals surface area contributed by atoms with Crippen LogP contribution in [0, 0.1) is 5.41 Å². The lowest BCUT2D eigenvalue weighted by atomic mass is 10.1. The van der Waals surface area contributed by atoms with E-state index in [4.69, 9.17) is 21.0 Å². The minimum atomic E-state index is -0.833. The van der Waals surface area contributed by atoms with Gasteiger partial charge in [-0.1, -0.05) is 45.4 Å². The van der Waals surface area contributed by atoms with Gasteiger partial charge in [-0.3, -0.25) is 15.0 Å². The number of nitrogens with one attached hydrogen (secondary N) is 3. The minimum absolute atomic E-state index is 0.00738. The average molecular weight is 345 g/mol. The highest BCUT2D eigenvalue weighted by molar-refractivity contribution is 5.75. The zero-order valence-corrected chi connectivity index (χ0v) is 15.3. The molecule has 0 aliphatic heterocycles. The summed E-state index contributed by atoms with van der Waals surface area (Å²) in [7, 11) is 0. The van der Waals surface area contributed by atoms with E-state index in [1.165, 1.54) is 38.5 Å². The van der Waals surface area contributed by atoms with Crippen molar-refractivity contribution in [3.05, 3.63) is 0 Å². The molecule has 0 saturated carbocycles. The van der Waals surface area contributed by atoms with Crippen LogP contribution in [0.5, 0.6) is 0 Å². The van der Waals surface area contributed by atoms with Crippen molar-refractivity contribution in [3.63, 3.8) is 0 Å². The number of hydrogen-bond donors (Lipinski definition) is 5. The zero-order chi connectivity index (χ0) is 18.6. The topological polar surface area (TPSA) is 128 Å². The van der Waals surface area contributed by atoms with Crippen molar-refractivity contribution >= 4 is 17.8 Å². The third-order valence-corrected chi connectivity index (χ3v) is 3.25. The Hall–Kier alpha value is -1.79. The van der Waals surface area contributed by atoms with E-state index in [2.05, 4.69) is 17.6 Å². The van der Waals surface area contributed by atoms with Gasteiger partial charge in [-0.15, -0.1) is 0 Å². The molecule has 0 radical (unpaired) electrons. The Balaban J connectivity index is 0. The molecule has 142 valence electrons. The molecule has 0 rings (SSSR count). The summed E-state index contributed by atoms with van der Waals surface area (Å²) in [6.07, 6.45) is 11.2. The molecule has 0 aromatic rings. The second kappa shape index (κ2) is 19.3. The molecule has 0 atom stereocenters. The smallest absolute Gasteiger partial charge is 0.300 e. The normalized spacial score (nSPS) is 9.58. The van der Waals surface area contributed by atoms with Gasteiger partial charge in [-0.2, -0.15) is 0 Å². The van der Waals surface area contributed by atoms with E-state index in [9.17, 15) is 4.79 Å². The van der Waals surface area contributed by atoms with Crippen LogP contribution in [-0.2, 0) is 9.59 Å². The van der Waals surface area contributed by atoms with Gasteiger partial charge in [-0.25, -0.2) is 0 Å². The van der Waals surface area contributed by atoms with Crippen LogP contribution in [0.25, 0.3) is 0 Å². The summed E-state index contributed by atoms with van der Waals surface area (Å²) in [5, 5.41) is 20.1. The number of nitrogens with two attached hydrogens (primary N) is 1. The van der Waals surface area contributed by atoms with E-state index < -0.39 is 5.97 Å². The number of carboxylic acid groups (broad SMARTS) is 1. The number of hydrogen-bond acceptors (Lipinski definition) is 3. The number of amides is 1. The van der Waals surface area contributed by atoms with Gasteiger partial charge < -0.3 is 21.5 Å². The lowest BCUT2D eigenvalue weighted by Gasteiger charge is -2.06. The van der Waals surface area contributed by atoms with Gasteiger partial charge in [0.1, 0.15) is 0 Å². The SMILES string of the molecule is CC(=O)O.CCCCCCCCCC(=O)NCCCCNC(=N)N. The molecule has 0 heterocycles. The average Bonchev–Trinajstić information content (AvgIpc) is 2.49. The Labute approximate surface area is 146 Å². The van der Waals surface area contributed by atoms with Crippen molar-refractivity contribution in [2.45, 2.75) is 78.1 Å². The van der Waals surface area contributed by atoms with E-state index in [1.54, 1.807) is 0 Å². The number of aliphatic carboxylic acids is 1. The van der Waals surface area contributed by atoms with Gasteiger partial charge in [0.15, 0.2) is 5.96 Å². The molecule has 24 heavy (non-hydrogen) atoms. The van der Waals surface area contributed by atoms with E-state index in [-0.39, 0.29) is 11.9 Å². The monoisotopic (exact) mass is 344 g/mol. The maximum atomic E-state index is 11.5. The van der Waals surface area contributed by atoms with Crippen LogP contribution in [0.2, 0.25) is 0 Å². The molecule has 0 bridgehead atoms. The summed E-state index contributed by atoms with van der Waals surface area (Å²) in [6, 6.07) is 0. The van der Waals surface area contributed by atoms with Crippen LogP contribution in [-0.4, -0.2) is 36.0 Å². The second-order valence-electron chi connectivity index (χ2n) is 5.79. The summed E-state index contributed by atoms with van der Waals surface area (Å²) in [4.78, 5) is 20.5. The van der Waals surface area contributed by atoms with Gasteiger partial charge in [-0.05, 0) is 19.3 Å². The quantitative estimate of drug-likeness (QED) is 0.199. The van der Waals surface area contributed by atoms with Crippen molar-refractivity contribution in [2.24, 2.45) is 5.73 Å². The van der Waals surface area contributed by atoms with E-state index in [0.29, 0.717) is 13.0 Å². The highest BCUT2D eigenvalue weighted by Gasteiger charge is 2.00. The third kappa shape index (κ3) is 28.4. The molecule has 0 aromatic heterocycles. The highest BCUT2D eigenvalue weighted by Crippen LogP contribution is 2.08. The Kier molecular flexibility index (Phi) is 19.6. The number of carboxylic acids is 1. The first-order valence-electron chi connectivity index (χ1n) is 8.94. The molecule has 0 spiro atoms. The number of rotatable bonds is 13. The Bertz CT molecular complexity index is 332. The standard InChI is InChI=1S/C15H32N4O.C2H4O2/c1-2-3-4-5-6-7-8-11-14(20)18-12-9-10-13-19-15(16)17;1-2(3)4/h2-13H2,1H3,(H,18,20)(H4,16,17,19);1H3,(H,3,4). The van der Waals surface area contributed by atoms with Gasteiger partial charge in [0.2, 0.25) is 5.91 Å². The first-order valence-corrected chi connectivity index (χ1v) is 8.94. The molecule has 6 N–H and O–H groups in total. The second-order valence-corrected chi connectivity index (χ2v) is 5.79. The minimum Gasteiger partial charge on any atom is -0.481 e. The zero-order valence-electron chi connectivity index (χ0n) is 15.3. The Morgan fingerprint density at radius 2 is 1.38 bits per heavy atom. The van der Waals surface area contributed by atoms with Crippen molar-refractivity contribution in [2.75, 3.05) is 13.1 Å². The van der Waals surface area contributed by atoms with E-state index >= 15 is 0 Å². The van der Waals surface area contributed by atoms with Crippen molar-refractivity contribution < 1.29 is 14.7 Å². The summed E-state index contributed by atoms with van der Waals surface area (Å²) in [6.45, 7) is 4.72. The number of unbranched alkanes of at least 4 members (excludes halogenated alkanes) is 7. The number of guanidine groups is 1. The molecular formula is C17H36N4O3. The summed E-state index contributed by atoms with van der Waals surface area (Å²) in [5.41, 5.74) is 5.16. The van der Waals surface area contributed by atoms with Gasteiger partial charge in [0.05, 0.1) is 0 Å². The molecule has 0 aliphatic rings. The summed E-state index contributed by atoms with van der Waals surface area (Å²) < 4.78 is 0. The third-order valence-electron chi connectivity index (χ3n) is 3.25. The lowest BCUT2D eigenvalue weighted by Crippen LogP contribution is -2.31. The fourth-order valence-electron chi connectivity index (χ4n) is 2.03. The largest absolute Gasteiger partial charge is 0.481 e. The molecular weight excluding hydrogens is 308 g/mol. The molecule has 7 nitrogen and oxygen atoms in total. The predicted octanol–water partition coefficient (Wildman–Crippen LogP) is 2.60. The highest BCUT2D eigenvalue weighted by atomic mass is 16.4. The van der Waals surface area contributed by atoms with Crippen LogP contribution in [0.15, 0.2) is 0 Å². The molecule has 0 saturated heterocycles. The van der Waals surface area contributed by atoms with Crippen LogP contribution in [0.3, 0.4) is 0 Å². The number of carbonyl (C=O) groups excluding carboxylic acids is 1. The van der Waals surface area contributed by atoms with E-state index in [0.717, 1.165) is 32.7 Å². The van der Waals surface area contributed by atoms with Crippen molar-refractivity contribution in [3.8, 4) is 0 Å². The van der Waals surface area contributed by atoms with Crippen molar-refractivity contribution in [1.29, 1.82) is 5.41 Å². The maximum Gasteiger partial charge on any atom is 0.300 e. The maximum absolute atomic E-state index is 11.5. The first kappa shape index (κ1) is 24.5. The Morgan fingerprint density at radius 3 is 1.88 bits per heavy atom. The first-order chi connectivity index (χ1) is 11.4. The molecule has 0 fully saturated rings. The van der Waals surface area contributed by atoms with Gasteiger partial charge >= 0.3 is 0 Å². The molecule has 0 unspecified atom stereocenters. The van der Waals surface area contributed by atoms with Gasteiger partial charge in [0.25, 0.3) is 5.97 Å².